The van der Waals surface area contributed by atoms with Crippen LogP contribution in [0.15, 0.2) is 30.7 Å². The topological polar surface area (TPSA) is 80.7 Å². The summed E-state index contributed by atoms with van der Waals surface area (Å²) in [5, 5.41) is 10.6. The lowest BCUT2D eigenvalue weighted by Crippen LogP contribution is -2.11. The molecule has 0 aromatic carbocycles. The van der Waals surface area contributed by atoms with Crippen LogP contribution in [0.4, 0.5) is 5.13 Å². The monoisotopic (exact) mass is 271 g/mol. The molecule has 3 rings (SSSR count). The van der Waals surface area contributed by atoms with Crippen LogP contribution in [0.2, 0.25) is 0 Å². The molecule has 19 heavy (non-hydrogen) atoms. The fraction of sp³-hybridized carbons (Fsp3) is 0.0833. The number of amides is 1. The van der Waals surface area contributed by atoms with Crippen molar-refractivity contribution in [1.82, 2.24) is 20.2 Å². The van der Waals surface area contributed by atoms with Crippen LogP contribution in [0.1, 0.15) is 16.1 Å². The summed E-state index contributed by atoms with van der Waals surface area (Å²) in [5.41, 5.74) is 2.15. The van der Waals surface area contributed by atoms with E-state index in [1.54, 1.807) is 12.3 Å². The minimum absolute atomic E-state index is 0.251. The lowest BCUT2D eigenvalue weighted by atomic mass is 10.3. The van der Waals surface area contributed by atoms with E-state index in [0.717, 1.165) is 15.9 Å². The molecule has 6 nitrogen and oxygen atoms in total. The molecule has 3 heterocycles. The van der Waals surface area contributed by atoms with Gasteiger partial charge >= 0.3 is 0 Å². The van der Waals surface area contributed by atoms with Gasteiger partial charge in [-0.1, -0.05) is 11.3 Å². The van der Waals surface area contributed by atoms with E-state index in [9.17, 15) is 4.79 Å². The van der Waals surface area contributed by atoms with Crippen molar-refractivity contribution in [2.24, 2.45) is 0 Å². The number of anilines is 1. The predicted molar refractivity (Wildman–Crippen MR) is 72.1 cm³/mol. The Morgan fingerprint density at radius 3 is 3.00 bits per heavy atom. The molecule has 0 aliphatic rings. The largest absolute Gasteiger partial charge is 0.298 e. The number of carbonyl (C=O) groups excluding carboxylic acids is 1. The van der Waals surface area contributed by atoms with Crippen LogP contribution in [0, 0.1) is 6.92 Å². The number of pyridine rings is 1. The molecule has 1 amide bonds. The Labute approximate surface area is 112 Å². The third-order valence-electron chi connectivity index (χ3n) is 2.48. The van der Waals surface area contributed by atoms with Gasteiger partial charge in [-0.3, -0.25) is 15.1 Å². The van der Waals surface area contributed by atoms with E-state index in [0.29, 0.717) is 10.7 Å². The van der Waals surface area contributed by atoms with Gasteiger partial charge in [-0.05, 0) is 19.1 Å². The van der Waals surface area contributed by atoms with Gasteiger partial charge in [0.1, 0.15) is 5.52 Å². The summed E-state index contributed by atoms with van der Waals surface area (Å²) in [6.45, 7) is 1.92. The molecule has 0 atom stereocenters. The molecule has 94 valence electrons. The minimum atomic E-state index is -0.251. The van der Waals surface area contributed by atoms with Crippen molar-refractivity contribution in [2.45, 2.75) is 6.92 Å². The Balaban J connectivity index is 1.87. The number of rotatable bonds is 2. The van der Waals surface area contributed by atoms with Crippen molar-refractivity contribution in [2.75, 3.05) is 5.32 Å². The Bertz CT molecular complexity index is 740. The van der Waals surface area contributed by atoms with E-state index in [-0.39, 0.29) is 5.91 Å². The first-order valence-corrected chi connectivity index (χ1v) is 6.35. The lowest BCUT2D eigenvalue weighted by molar-refractivity contribution is 0.102. The number of carbonyl (C=O) groups is 1. The molecular weight excluding hydrogens is 262 g/mol. The maximum atomic E-state index is 11.9. The van der Waals surface area contributed by atoms with Crippen molar-refractivity contribution in [3.8, 4) is 0 Å². The highest BCUT2D eigenvalue weighted by Gasteiger charge is 2.10. The van der Waals surface area contributed by atoms with E-state index in [1.165, 1.54) is 23.7 Å². The van der Waals surface area contributed by atoms with Crippen molar-refractivity contribution in [3.63, 3.8) is 0 Å². The van der Waals surface area contributed by atoms with Crippen LogP contribution >= 0.6 is 11.3 Å². The minimum Gasteiger partial charge on any atom is -0.298 e. The molecular formula is C12H9N5OS. The molecule has 0 saturated carbocycles. The summed E-state index contributed by atoms with van der Waals surface area (Å²) >= 11 is 1.42. The molecule has 1 N–H and O–H groups in total. The molecule has 3 aromatic rings. The van der Waals surface area contributed by atoms with E-state index >= 15 is 0 Å². The molecule has 3 aromatic heterocycles. The van der Waals surface area contributed by atoms with E-state index < -0.39 is 0 Å². The highest BCUT2D eigenvalue weighted by Crippen LogP contribution is 2.25. The Kier molecular flexibility index (Phi) is 2.88. The number of aromatic nitrogens is 4. The average Bonchev–Trinajstić information content (AvgIpc) is 2.81. The van der Waals surface area contributed by atoms with Gasteiger partial charge in [0.25, 0.3) is 5.91 Å². The van der Waals surface area contributed by atoms with E-state index in [4.69, 9.17) is 0 Å². The van der Waals surface area contributed by atoms with Gasteiger partial charge in [-0.2, -0.15) is 10.2 Å². The Morgan fingerprint density at radius 2 is 2.21 bits per heavy atom. The molecule has 0 spiro atoms. The van der Waals surface area contributed by atoms with Crippen molar-refractivity contribution < 1.29 is 4.79 Å². The molecule has 0 aliphatic carbocycles. The summed E-state index contributed by atoms with van der Waals surface area (Å²) in [7, 11) is 0. The normalized spacial score (nSPS) is 10.6. The smallest absolute Gasteiger partial charge is 0.259 e. The zero-order chi connectivity index (χ0) is 13.2. The molecule has 0 saturated heterocycles. The first kappa shape index (κ1) is 11.7. The SMILES string of the molecule is Cc1cc2sc(NC(=O)c3ccnnc3)nc2cn1. The van der Waals surface area contributed by atoms with Crippen LogP contribution < -0.4 is 5.32 Å². The Morgan fingerprint density at radius 1 is 1.32 bits per heavy atom. The molecule has 0 fully saturated rings. The number of thiazole rings is 1. The zero-order valence-corrected chi connectivity index (χ0v) is 10.8. The number of hydrogen-bond acceptors (Lipinski definition) is 6. The number of hydrogen-bond donors (Lipinski definition) is 1. The first-order valence-electron chi connectivity index (χ1n) is 5.53. The summed E-state index contributed by atoms with van der Waals surface area (Å²) < 4.78 is 0.996. The summed E-state index contributed by atoms with van der Waals surface area (Å²) in [6.07, 6.45) is 4.58. The maximum absolute atomic E-state index is 11.9. The summed E-state index contributed by atoms with van der Waals surface area (Å²) in [5.74, 6) is -0.251. The highest BCUT2D eigenvalue weighted by atomic mass is 32.1. The van der Waals surface area contributed by atoms with Gasteiger partial charge in [0.15, 0.2) is 5.13 Å². The second kappa shape index (κ2) is 4.69. The van der Waals surface area contributed by atoms with Crippen LogP contribution in [-0.2, 0) is 0 Å². The Hall–Kier alpha value is -2.41. The van der Waals surface area contributed by atoms with E-state index in [1.807, 2.05) is 13.0 Å². The summed E-state index contributed by atoms with van der Waals surface area (Å²) in [6, 6.07) is 3.54. The fourth-order valence-corrected chi connectivity index (χ4v) is 2.51. The van der Waals surface area contributed by atoms with Gasteiger partial charge in [-0.25, -0.2) is 4.98 Å². The van der Waals surface area contributed by atoms with Crippen LogP contribution in [-0.4, -0.2) is 26.1 Å². The summed E-state index contributed by atoms with van der Waals surface area (Å²) in [4.78, 5) is 20.4. The number of nitrogens with zero attached hydrogens (tertiary/aromatic N) is 4. The molecule has 0 aliphatic heterocycles. The zero-order valence-electron chi connectivity index (χ0n) is 9.99. The molecule has 0 radical (unpaired) electrons. The number of fused-ring (bicyclic) bond motifs is 1. The second-order valence-electron chi connectivity index (χ2n) is 3.90. The molecule has 0 unspecified atom stereocenters. The third kappa shape index (κ3) is 2.41. The number of nitrogens with one attached hydrogen (secondary N) is 1. The third-order valence-corrected chi connectivity index (χ3v) is 3.41. The van der Waals surface area contributed by atoms with Gasteiger partial charge in [-0.15, -0.1) is 0 Å². The van der Waals surface area contributed by atoms with E-state index in [2.05, 4.69) is 25.5 Å². The molecule has 0 bridgehead atoms. The maximum Gasteiger partial charge on any atom is 0.259 e. The van der Waals surface area contributed by atoms with Crippen molar-refractivity contribution in [1.29, 1.82) is 0 Å². The lowest BCUT2D eigenvalue weighted by Gasteiger charge is -1.99. The van der Waals surface area contributed by atoms with Crippen LogP contribution in [0.25, 0.3) is 10.2 Å². The number of aryl methyl sites for hydroxylation is 1. The van der Waals surface area contributed by atoms with Crippen LogP contribution in [0.3, 0.4) is 0 Å². The predicted octanol–water partition coefficient (Wildman–Crippen LogP) is 2.04. The molecule has 7 heteroatoms. The van der Waals surface area contributed by atoms with Crippen molar-refractivity contribution >= 4 is 32.6 Å². The van der Waals surface area contributed by atoms with Crippen molar-refractivity contribution in [3.05, 3.63) is 42.0 Å². The van der Waals surface area contributed by atoms with Gasteiger partial charge < -0.3 is 0 Å². The van der Waals surface area contributed by atoms with Gasteiger partial charge in [0, 0.05) is 5.69 Å². The highest BCUT2D eigenvalue weighted by molar-refractivity contribution is 7.22. The van der Waals surface area contributed by atoms with Gasteiger partial charge in [0.2, 0.25) is 0 Å². The fourth-order valence-electron chi connectivity index (χ4n) is 1.58. The first-order chi connectivity index (χ1) is 9.22. The quantitative estimate of drug-likeness (QED) is 0.771. The standard InChI is InChI=1S/C12H9N5OS/c1-7-4-10-9(6-13-7)16-12(19-10)17-11(18)8-2-3-14-15-5-8/h2-6H,1H3,(H,16,17,18). The average molecular weight is 271 g/mol. The second-order valence-corrected chi connectivity index (χ2v) is 4.93. The van der Waals surface area contributed by atoms with Crippen LogP contribution in [0.5, 0.6) is 0 Å². The van der Waals surface area contributed by atoms with Gasteiger partial charge in [0.05, 0.1) is 28.9 Å².